The van der Waals surface area contributed by atoms with Crippen LogP contribution in [-0.2, 0) is 9.59 Å². The van der Waals surface area contributed by atoms with Gasteiger partial charge in [-0.3, -0.25) is 9.59 Å². The van der Waals surface area contributed by atoms with Crippen LogP contribution in [0.3, 0.4) is 0 Å². The largest absolute Gasteiger partial charge is 0.299 e. The lowest BCUT2D eigenvalue weighted by molar-refractivity contribution is -0.138. The summed E-state index contributed by atoms with van der Waals surface area (Å²) in [7, 11) is 0. The summed E-state index contributed by atoms with van der Waals surface area (Å²) in [4.78, 5) is 23.7. The number of Topliss-reactive ketones (excluding diaryl/α,β-unsaturated/α-hetero) is 1. The van der Waals surface area contributed by atoms with E-state index in [0.717, 1.165) is 50.4 Å². The lowest BCUT2D eigenvalue weighted by Gasteiger charge is -2.59. The molecular formula is C30H44O2. The average molecular weight is 437 g/mol. The molecular weight excluding hydrogens is 392 g/mol. The highest BCUT2D eigenvalue weighted by atomic mass is 16.1. The molecule has 0 bridgehead atoms. The molecule has 2 saturated carbocycles. The van der Waals surface area contributed by atoms with E-state index >= 15 is 0 Å². The predicted octanol–water partition coefficient (Wildman–Crippen LogP) is 7.64. The van der Waals surface area contributed by atoms with E-state index in [-0.39, 0.29) is 21.7 Å². The van der Waals surface area contributed by atoms with Crippen LogP contribution in [0.5, 0.6) is 0 Å². The van der Waals surface area contributed by atoms with E-state index in [1.807, 2.05) is 6.92 Å². The van der Waals surface area contributed by atoms with Crippen molar-refractivity contribution in [1.82, 2.24) is 0 Å². The van der Waals surface area contributed by atoms with Crippen LogP contribution in [-0.4, -0.2) is 12.1 Å². The van der Waals surface area contributed by atoms with Crippen LogP contribution in [0.15, 0.2) is 34.9 Å². The maximum Gasteiger partial charge on any atom is 0.145 e. The Morgan fingerprint density at radius 3 is 2.53 bits per heavy atom. The minimum Gasteiger partial charge on any atom is -0.299 e. The van der Waals surface area contributed by atoms with Crippen molar-refractivity contribution in [2.24, 2.45) is 39.4 Å². The summed E-state index contributed by atoms with van der Waals surface area (Å²) in [5.41, 5.74) is 4.49. The molecule has 4 rings (SSSR count). The van der Waals surface area contributed by atoms with Gasteiger partial charge in [0.1, 0.15) is 12.1 Å². The standard InChI is InChI=1S/C30H44O2/c1-20(19-31)9-8-10-21(2)22-13-17-30(7)24-11-12-25-27(3,4)26(32)15-16-28(25,5)23(24)14-18-29(22,30)6/h9,11,14,19,21-22,25H,8,10,12-13,15-18H2,1-7H3/b20-9+. The van der Waals surface area contributed by atoms with Gasteiger partial charge in [-0.2, -0.15) is 0 Å². The van der Waals surface area contributed by atoms with E-state index in [1.165, 1.54) is 12.8 Å². The van der Waals surface area contributed by atoms with Crippen LogP contribution in [0.4, 0.5) is 0 Å². The van der Waals surface area contributed by atoms with Gasteiger partial charge in [0.05, 0.1) is 0 Å². The van der Waals surface area contributed by atoms with E-state index in [2.05, 4.69) is 59.8 Å². The first-order valence-corrected chi connectivity index (χ1v) is 13.0. The van der Waals surface area contributed by atoms with Crippen LogP contribution in [0.25, 0.3) is 0 Å². The lowest BCUT2D eigenvalue weighted by atomic mass is 9.44. The van der Waals surface area contributed by atoms with Crippen LogP contribution < -0.4 is 0 Å². The molecule has 0 spiro atoms. The van der Waals surface area contributed by atoms with E-state index in [4.69, 9.17) is 0 Å². The normalized spacial score (nSPS) is 41.7. The monoisotopic (exact) mass is 436 g/mol. The number of aldehydes is 1. The van der Waals surface area contributed by atoms with Crippen LogP contribution >= 0.6 is 0 Å². The van der Waals surface area contributed by atoms with E-state index < -0.39 is 0 Å². The van der Waals surface area contributed by atoms with Gasteiger partial charge in [-0.25, -0.2) is 0 Å². The Balaban J connectivity index is 1.64. The summed E-state index contributed by atoms with van der Waals surface area (Å²) in [5, 5.41) is 0. The van der Waals surface area contributed by atoms with Crippen molar-refractivity contribution in [1.29, 1.82) is 0 Å². The molecule has 0 aromatic carbocycles. The third kappa shape index (κ3) is 3.18. The first-order chi connectivity index (χ1) is 14.9. The number of fused-ring (bicyclic) bond motifs is 5. The Morgan fingerprint density at radius 2 is 1.84 bits per heavy atom. The Labute approximate surface area is 196 Å². The topological polar surface area (TPSA) is 34.1 Å². The number of hydrogen-bond acceptors (Lipinski definition) is 2. The molecule has 2 nitrogen and oxygen atoms in total. The van der Waals surface area contributed by atoms with Crippen LogP contribution in [0, 0.1) is 39.4 Å². The first kappa shape index (κ1) is 23.7. The van der Waals surface area contributed by atoms with Gasteiger partial charge in [0.25, 0.3) is 0 Å². The number of rotatable bonds is 5. The molecule has 4 aliphatic rings. The molecule has 0 aromatic heterocycles. The summed E-state index contributed by atoms with van der Waals surface area (Å²) in [6.45, 7) is 16.3. The zero-order chi connectivity index (χ0) is 23.5. The number of carbonyl (C=O) groups excluding carboxylic acids is 2. The highest BCUT2D eigenvalue weighted by Gasteiger charge is 2.63. The summed E-state index contributed by atoms with van der Waals surface area (Å²) in [6.07, 6.45) is 16.9. The van der Waals surface area contributed by atoms with Crippen molar-refractivity contribution in [2.45, 2.75) is 99.8 Å². The van der Waals surface area contributed by atoms with E-state index in [1.54, 1.807) is 11.1 Å². The van der Waals surface area contributed by atoms with Crippen molar-refractivity contribution in [3.63, 3.8) is 0 Å². The third-order valence-corrected chi connectivity index (χ3v) is 11.0. The SMILES string of the molecule is C/C(C=O)=C\CCC(C)C1CCC2(C)C3=CCC4C(C)(C)C(=O)CCC4(C)C3=CCC12C. The second-order valence-corrected chi connectivity index (χ2v) is 12.8. The average Bonchev–Trinajstić information content (AvgIpc) is 3.02. The molecule has 6 atom stereocenters. The van der Waals surface area contributed by atoms with Crippen molar-refractivity contribution in [3.05, 3.63) is 34.9 Å². The summed E-state index contributed by atoms with van der Waals surface area (Å²) >= 11 is 0. The van der Waals surface area contributed by atoms with Gasteiger partial charge in [-0.15, -0.1) is 0 Å². The highest BCUT2D eigenvalue weighted by Crippen LogP contribution is 2.71. The van der Waals surface area contributed by atoms with Crippen LogP contribution in [0.1, 0.15) is 99.8 Å². The molecule has 0 N–H and O–H groups in total. The van der Waals surface area contributed by atoms with E-state index in [0.29, 0.717) is 23.5 Å². The summed E-state index contributed by atoms with van der Waals surface area (Å²) in [5.74, 6) is 2.25. The third-order valence-electron chi connectivity index (χ3n) is 11.0. The van der Waals surface area contributed by atoms with Gasteiger partial charge in [-0.05, 0) is 103 Å². The molecule has 0 aliphatic heterocycles. The molecule has 6 unspecified atom stereocenters. The van der Waals surface area contributed by atoms with Gasteiger partial charge < -0.3 is 0 Å². The first-order valence-electron chi connectivity index (χ1n) is 13.0. The Bertz CT molecular complexity index is 902. The molecule has 0 saturated heterocycles. The minimum absolute atomic E-state index is 0.132. The van der Waals surface area contributed by atoms with Gasteiger partial charge in [0.2, 0.25) is 0 Å². The van der Waals surface area contributed by atoms with Gasteiger partial charge in [0.15, 0.2) is 0 Å². The quantitative estimate of drug-likeness (QED) is 0.328. The number of ketones is 1. The fraction of sp³-hybridized carbons (Fsp3) is 0.733. The second-order valence-electron chi connectivity index (χ2n) is 12.8. The lowest BCUT2D eigenvalue weighted by Crippen LogP contribution is -2.53. The molecule has 32 heavy (non-hydrogen) atoms. The molecule has 0 radical (unpaired) electrons. The smallest absolute Gasteiger partial charge is 0.145 e. The molecule has 2 heteroatoms. The fourth-order valence-electron chi connectivity index (χ4n) is 8.58. The molecule has 0 heterocycles. The Kier molecular flexibility index (Phi) is 5.79. The molecule has 176 valence electrons. The van der Waals surface area contributed by atoms with Gasteiger partial charge in [0, 0.05) is 11.8 Å². The number of hydrogen-bond donors (Lipinski definition) is 0. The molecule has 0 amide bonds. The molecule has 0 aromatic rings. The molecule has 4 aliphatic carbocycles. The number of carbonyl (C=O) groups is 2. The Morgan fingerprint density at radius 1 is 1.12 bits per heavy atom. The zero-order valence-corrected chi connectivity index (χ0v) is 21.5. The second kappa shape index (κ2) is 7.81. The maximum atomic E-state index is 12.8. The van der Waals surface area contributed by atoms with Crippen molar-refractivity contribution >= 4 is 12.1 Å². The van der Waals surface area contributed by atoms with Gasteiger partial charge >= 0.3 is 0 Å². The van der Waals surface area contributed by atoms with E-state index in [9.17, 15) is 9.59 Å². The predicted molar refractivity (Wildman–Crippen MR) is 132 cm³/mol. The Hall–Kier alpha value is -1.44. The van der Waals surface area contributed by atoms with Crippen molar-refractivity contribution in [3.8, 4) is 0 Å². The molecule has 2 fully saturated rings. The summed E-state index contributed by atoms with van der Waals surface area (Å²) < 4.78 is 0. The highest BCUT2D eigenvalue weighted by molar-refractivity contribution is 5.86. The zero-order valence-electron chi connectivity index (χ0n) is 21.5. The number of allylic oxidation sites excluding steroid dienone is 6. The maximum absolute atomic E-state index is 12.8. The van der Waals surface area contributed by atoms with Crippen molar-refractivity contribution < 1.29 is 9.59 Å². The minimum atomic E-state index is -0.225. The van der Waals surface area contributed by atoms with Crippen molar-refractivity contribution in [2.75, 3.05) is 0 Å². The van der Waals surface area contributed by atoms with Gasteiger partial charge in [-0.1, -0.05) is 59.8 Å². The fourth-order valence-corrected chi connectivity index (χ4v) is 8.58. The van der Waals surface area contributed by atoms with Crippen LogP contribution in [0.2, 0.25) is 0 Å². The summed E-state index contributed by atoms with van der Waals surface area (Å²) in [6, 6.07) is 0.